The van der Waals surface area contributed by atoms with E-state index >= 15 is 0 Å². The predicted molar refractivity (Wildman–Crippen MR) is 87.0 cm³/mol. The number of rotatable bonds is 5. The van der Waals surface area contributed by atoms with Gasteiger partial charge in [-0.25, -0.2) is 0 Å². The molecule has 126 valence electrons. The van der Waals surface area contributed by atoms with E-state index in [1.165, 1.54) is 11.6 Å². The standard InChI is InChI=1S/C16H20N6O2/c1-10(23)18-13-8-11-4-2-3-5-12(11)15(13)19-16(24)14-9-22(7-6-17)21-20-14/h2-5,9,13,15H,6-8,17H2,1H3,(H,18,23)(H,19,24)/t13-,15-/m1/s1. The SMILES string of the molecule is CC(=O)N[C@@H]1Cc2ccccc2[C@H]1NC(=O)c1cn(CCN)nn1. The van der Waals surface area contributed by atoms with Crippen LogP contribution in [0.1, 0.15) is 34.6 Å². The highest BCUT2D eigenvalue weighted by molar-refractivity contribution is 5.92. The van der Waals surface area contributed by atoms with Gasteiger partial charge in [-0.1, -0.05) is 29.5 Å². The highest BCUT2D eigenvalue weighted by atomic mass is 16.2. The first kappa shape index (κ1) is 16.1. The quantitative estimate of drug-likeness (QED) is 0.701. The Balaban J connectivity index is 1.79. The molecule has 2 aromatic rings. The smallest absolute Gasteiger partial charge is 0.274 e. The van der Waals surface area contributed by atoms with Gasteiger partial charge in [-0.2, -0.15) is 0 Å². The molecule has 1 aromatic heterocycles. The number of aromatic nitrogens is 3. The molecule has 0 spiro atoms. The summed E-state index contributed by atoms with van der Waals surface area (Å²) in [6.07, 6.45) is 2.25. The van der Waals surface area contributed by atoms with Crippen LogP contribution in [0.4, 0.5) is 0 Å². The largest absolute Gasteiger partial charge is 0.351 e. The molecule has 8 nitrogen and oxygen atoms in total. The number of benzene rings is 1. The average Bonchev–Trinajstić information content (AvgIpc) is 3.13. The summed E-state index contributed by atoms with van der Waals surface area (Å²) in [7, 11) is 0. The lowest BCUT2D eigenvalue weighted by molar-refractivity contribution is -0.119. The molecule has 0 fully saturated rings. The van der Waals surface area contributed by atoms with E-state index in [-0.39, 0.29) is 29.6 Å². The van der Waals surface area contributed by atoms with Crippen molar-refractivity contribution in [3.8, 4) is 0 Å². The number of carbonyl (C=O) groups is 2. The molecule has 1 aliphatic carbocycles. The molecular weight excluding hydrogens is 308 g/mol. The lowest BCUT2D eigenvalue weighted by Gasteiger charge is -2.22. The molecule has 1 aliphatic rings. The fraction of sp³-hybridized carbons (Fsp3) is 0.375. The van der Waals surface area contributed by atoms with Gasteiger partial charge in [-0.05, 0) is 17.5 Å². The molecule has 0 radical (unpaired) electrons. The Bertz CT molecular complexity index is 757. The van der Waals surface area contributed by atoms with E-state index in [0.717, 1.165) is 11.1 Å². The molecule has 24 heavy (non-hydrogen) atoms. The minimum Gasteiger partial charge on any atom is -0.351 e. The average molecular weight is 328 g/mol. The molecule has 2 atom stereocenters. The third-order valence-corrected chi connectivity index (χ3v) is 4.04. The van der Waals surface area contributed by atoms with Crippen LogP contribution in [0.2, 0.25) is 0 Å². The van der Waals surface area contributed by atoms with E-state index in [4.69, 9.17) is 5.73 Å². The van der Waals surface area contributed by atoms with Gasteiger partial charge in [0, 0.05) is 13.5 Å². The van der Waals surface area contributed by atoms with Crippen LogP contribution in [0.15, 0.2) is 30.5 Å². The summed E-state index contributed by atoms with van der Waals surface area (Å²) in [5.74, 6) is -0.448. The van der Waals surface area contributed by atoms with Crippen LogP contribution in [0.25, 0.3) is 0 Å². The summed E-state index contributed by atoms with van der Waals surface area (Å²) < 4.78 is 1.53. The highest BCUT2D eigenvalue weighted by Gasteiger charge is 2.34. The van der Waals surface area contributed by atoms with Gasteiger partial charge < -0.3 is 16.4 Å². The number of fused-ring (bicyclic) bond motifs is 1. The van der Waals surface area contributed by atoms with Crippen molar-refractivity contribution in [2.45, 2.75) is 32.0 Å². The van der Waals surface area contributed by atoms with Crippen molar-refractivity contribution in [2.24, 2.45) is 5.73 Å². The Morgan fingerprint density at radius 3 is 2.88 bits per heavy atom. The zero-order chi connectivity index (χ0) is 17.1. The van der Waals surface area contributed by atoms with Crippen LogP contribution in [-0.4, -0.2) is 39.4 Å². The number of amides is 2. The maximum Gasteiger partial charge on any atom is 0.274 e. The fourth-order valence-electron chi connectivity index (χ4n) is 3.03. The zero-order valence-corrected chi connectivity index (χ0v) is 13.4. The zero-order valence-electron chi connectivity index (χ0n) is 13.4. The van der Waals surface area contributed by atoms with Gasteiger partial charge in [-0.3, -0.25) is 14.3 Å². The molecular formula is C16H20N6O2. The molecule has 4 N–H and O–H groups in total. The molecule has 0 saturated carbocycles. The van der Waals surface area contributed by atoms with E-state index < -0.39 is 0 Å². The first-order chi connectivity index (χ1) is 11.6. The maximum absolute atomic E-state index is 12.5. The van der Waals surface area contributed by atoms with Gasteiger partial charge in [0.25, 0.3) is 5.91 Å². The lowest BCUT2D eigenvalue weighted by Crippen LogP contribution is -2.43. The van der Waals surface area contributed by atoms with E-state index in [1.54, 1.807) is 6.20 Å². The summed E-state index contributed by atoms with van der Waals surface area (Å²) in [4.78, 5) is 24.0. The Morgan fingerprint density at radius 2 is 2.12 bits per heavy atom. The van der Waals surface area contributed by atoms with Crippen molar-refractivity contribution in [3.05, 3.63) is 47.3 Å². The third kappa shape index (κ3) is 3.28. The van der Waals surface area contributed by atoms with Crippen molar-refractivity contribution < 1.29 is 9.59 Å². The molecule has 2 amide bonds. The van der Waals surface area contributed by atoms with Crippen molar-refractivity contribution >= 4 is 11.8 Å². The molecule has 3 rings (SSSR count). The van der Waals surface area contributed by atoms with Crippen LogP contribution in [0, 0.1) is 0 Å². The van der Waals surface area contributed by atoms with Crippen LogP contribution in [-0.2, 0) is 17.8 Å². The van der Waals surface area contributed by atoms with Crippen LogP contribution < -0.4 is 16.4 Å². The summed E-state index contributed by atoms with van der Waals surface area (Å²) in [6, 6.07) is 7.37. The van der Waals surface area contributed by atoms with E-state index in [1.807, 2.05) is 24.3 Å². The minimum atomic E-state index is -0.324. The van der Waals surface area contributed by atoms with Crippen molar-refractivity contribution in [1.82, 2.24) is 25.6 Å². The number of carbonyl (C=O) groups excluding carboxylic acids is 2. The molecule has 1 heterocycles. The van der Waals surface area contributed by atoms with Crippen molar-refractivity contribution in [1.29, 1.82) is 0 Å². The second-order valence-corrected chi connectivity index (χ2v) is 5.82. The fourth-order valence-corrected chi connectivity index (χ4v) is 3.03. The van der Waals surface area contributed by atoms with Crippen LogP contribution in [0.5, 0.6) is 0 Å². The van der Waals surface area contributed by atoms with Crippen LogP contribution in [0.3, 0.4) is 0 Å². The van der Waals surface area contributed by atoms with Crippen molar-refractivity contribution in [3.63, 3.8) is 0 Å². The van der Waals surface area contributed by atoms with Gasteiger partial charge >= 0.3 is 0 Å². The second kappa shape index (κ2) is 6.79. The molecule has 1 aromatic carbocycles. The van der Waals surface area contributed by atoms with Crippen LogP contribution >= 0.6 is 0 Å². The predicted octanol–water partition coefficient (Wildman–Crippen LogP) is -0.231. The number of nitrogens with two attached hydrogens (primary N) is 1. The number of hydrogen-bond acceptors (Lipinski definition) is 5. The molecule has 0 aliphatic heterocycles. The summed E-state index contributed by atoms with van der Waals surface area (Å²) in [5, 5.41) is 13.6. The van der Waals surface area contributed by atoms with E-state index in [2.05, 4.69) is 20.9 Å². The molecule has 0 bridgehead atoms. The number of hydrogen-bond donors (Lipinski definition) is 3. The summed E-state index contributed by atoms with van der Waals surface area (Å²) in [6.45, 7) is 2.40. The first-order valence-electron chi connectivity index (χ1n) is 7.84. The monoisotopic (exact) mass is 328 g/mol. The normalized spacial score (nSPS) is 18.9. The Morgan fingerprint density at radius 1 is 1.33 bits per heavy atom. The first-order valence-corrected chi connectivity index (χ1v) is 7.84. The number of nitrogens with zero attached hydrogens (tertiary/aromatic N) is 3. The third-order valence-electron chi connectivity index (χ3n) is 4.04. The Kier molecular flexibility index (Phi) is 4.57. The molecule has 0 saturated heterocycles. The Hall–Kier alpha value is -2.74. The summed E-state index contributed by atoms with van der Waals surface area (Å²) in [5.41, 5.74) is 7.83. The van der Waals surface area contributed by atoms with E-state index in [0.29, 0.717) is 19.5 Å². The highest BCUT2D eigenvalue weighted by Crippen LogP contribution is 2.31. The maximum atomic E-state index is 12.5. The van der Waals surface area contributed by atoms with Gasteiger partial charge in [0.1, 0.15) is 0 Å². The topological polar surface area (TPSA) is 115 Å². The second-order valence-electron chi connectivity index (χ2n) is 5.82. The lowest BCUT2D eigenvalue weighted by atomic mass is 10.1. The molecule has 8 heteroatoms. The van der Waals surface area contributed by atoms with Gasteiger partial charge in [0.05, 0.1) is 24.8 Å². The molecule has 0 unspecified atom stereocenters. The van der Waals surface area contributed by atoms with Gasteiger partial charge in [0.2, 0.25) is 5.91 Å². The van der Waals surface area contributed by atoms with Crippen molar-refractivity contribution in [2.75, 3.05) is 6.54 Å². The van der Waals surface area contributed by atoms with Gasteiger partial charge in [0.15, 0.2) is 5.69 Å². The number of nitrogens with one attached hydrogen (secondary N) is 2. The summed E-state index contributed by atoms with van der Waals surface area (Å²) >= 11 is 0. The van der Waals surface area contributed by atoms with E-state index in [9.17, 15) is 9.59 Å². The minimum absolute atomic E-state index is 0.124. The Labute approximate surface area is 139 Å². The van der Waals surface area contributed by atoms with Gasteiger partial charge in [-0.15, -0.1) is 5.10 Å².